The molecule has 7 atom stereocenters. The molecule has 3 fully saturated rings. The Balaban J connectivity index is 1.62. The summed E-state index contributed by atoms with van der Waals surface area (Å²) in [6.45, 7) is 16.5. The standard InChI is InChI=1S/C37H46ClN3O5S/c1-7-21-39(27-15-17-28(18-16-27)46-10-4)33(43)30-31-34(44)41(29(23-42)24(5)9-3)32(37(31)20-19-36(30,6)47-37)35(45)40(22-8-2)26-13-11-25(38)12-14-26/h7-8,11-18,24,29-32,42H,1-2,9-10,19-23H2,3-6H3/t24-,29-,30+,31-,32?,36-,37?/m0/s1. The Morgan fingerprint density at radius 1 is 1.04 bits per heavy atom. The Bertz CT molecular complexity index is 1500. The van der Waals surface area contributed by atoms with Crippen molar-refractivity contribution in [3.05, 3.63) is 78.9 Å². The highest BCUT2D eigenvalue weighted by Gasteiger charge is 2.78. The number of aliphatic hydroxyl groups excluding tert-OH is 1. The molecule has 2 unspecified atom stereocenters. The van der Waals surface area contributed by atoms with E-state index in [2.05, 4.69) is 20.1 Å². The van der Waals surface area contributed by atoms with Gasteiger partial charge in [-0.15, -0.1) is 24.9 Å². The van der Waals surface area contributed by atoms with Crippen LogP contribution in [0.1, 0.15) is 47.0 Å². The maximum atomic E-state index is 15.0. The van der Waals surface area contributed by atoms with Crippen LogP contribution in [-0.4, -0.2) is 75.6 Å². The number of aliphatic hydroxyl groups is 1. The van der Waals surface area contributed by atoms with Crippen molar-refractivity contribution in [2.75, 3.05) is 36.1 Å². The van der Waals surface area contributed by atoms with E-state index >= 15 is 0 Å². The van der Waals surface area contributed by atoms with Crippen molar-refractivity contribution in [3.63, 3.8) is 0 Å². The van der Waals surface area contributed by atoms with Gasteiger partial charge in [0.05, 0.1) is 35.8 Å². The Labute approximate surface area is 287 Å². The zero-order valence-electron chi connectivity index (χ0n) is 27.7. The van der Waals surface area contributed by atoms with E-state index in [4.69, 9.17) is 16.3 Å². The number of likely N-dealkylation sites (tertiary alicyclic amines) is 1. The van der Waals surface area contributed by atoms with E-state index in [9.17, 15) is 19.5 Å². The minimum absolute atomic E-state index is 0.0779. The summed E-state index contributed by atoms with van der Waals surface area (Å²) in [5.41, 5.74) is 1.33. The molecule has 2 aromatic rings. The van der Waals surface area contributed by atoms with E-state index in [1.54, 1.807) is 62.9 Å². The van der Waals surface area contributed by atoms with Crippen LogP contribution in [0.25, 0.3) is 0 Å². The SMILES string of the molecule is C=CCN(C(=O)C1N([C@@H](CO)[C@@H](C)CC)C(=O)[C@@H]2[C@H](C(=O)N(CC=C)c3ccc(OCC)cc3)[C@]3(C)CCC12S3)c1ccc(Cl)cc1. The fraction of sp³-hybridized carbons (Fsp3) is 0.486. The second-order valence-corrected chi connectivity index (χ2v) is 15.3. The van der Waals surface area contributed by atoms with Crippen molar-refractivity contribution < 1.29 is 24.2 Å². The number of benzene rings is 2. The summed E-state index contributed by atoms with van der Waals surface area (Å²) in [6.07, 6.45) is 5.34. The Hall–Kier alpha value is -3.27. The summed E-state index contributed by atoms with van der Waals surface area (Å²) < 4.78 is 4.20. The Kier molecular flexibility index (Phi) is 10.5. The smallest absolute Gasteiger partial charge is 0.251 e. The number of ether oxygens (including phenoxy) is 1. The van der Waals surface area contributed by atoms with E-state index in [1.807, 2.05) is 45.0 Å². The fourth-order valence-electron chi connectivity index (χ4n) is 7.92. The monoisotopic (exact) mass is 679 g/mol. The third-order valence-electron chi connectivity index (χ3n) is 10.3. The number of halogens is 1. The number of anilines is 2. The summed E-state index contributed by atoms with van der Waals surface area (Å²) in [4.78, 5) is 49.7. The molecule has 47 heavy (non-hydrogen) atoms. The number of nitrogens with zero attached hydrogens (tertiary/aromatic N) is 3. The normalized spacial score (nSPS) is 27.2. The van der Waals surface area contributed by atoms with Gasteiger partial charge in [-0.05, 0) is 81.1 Å². The molecule has 8 nitrogen and oxygen atoms in total. The average Bonchev–Trinajstić information content (AvgIpc) is 3.64. The van der Waals surface area contributed by atoms with E-state index < -0.39 is 33.4 Å². The number of hydrogen-bond donors (Lipinski definition) is 1. The predicted molar refractivity (Wildman–Crippen MR) is 190 cm³/mol. The van der Waals surface area contributed by atoms with Crippen LogP contribution in [0.3, 0.4) is 0 Å². The van der Waals surface area contributed by atoms with Crippen molar-refractivity contribution in [1.29, 1.82) is 0 Å². The van der Waals surface area contributed by atoms with Gasteiger partial charge in [-0.2, -0.15) is 0 Å². The third-order valence-corrected chi connectivity index (χ3v) is 12.6. The maximum Gasteiger partial charge on any atom is 0.251 e. The van der Waals surface area contributed by atoms with E-state index in [1.165, 1.54) is 0 Å². The minimum Gasteiger partial charge on any atom is -0.494 e. The molecule has 1 spiro atoms. The summed E-state index contributed by atoms with van der Waals surface area (Å²) in [7, 11) is 0. The molecule has 5 rings (SSSR count). The minimum atomic E-state index is -0.885. The Morgan fingerprint density at radius 2 is 1.62 bits per heavy atom. The lowest BCUT2D eigenvalue weighted by Gasteiger charge is -2.41. The van der Waals surface area contributed by atoms with Crippen molar-refractivity contribution in [2.45, 2.75) is 68.5 Å². The quantitative estimate of drug-likeness (QED) is 0.234. The first-order valence-corrected chi connectivity index (χ1v) is 17.7. The molecule has 1 N–H and O–H groups in total. The van der Waals surface area contributed by atoms with Gasteiger partial charge in [-0.25, -0.2) is 0 Å². The number of carbonyl (C=O) groups is 3. The largest absolute Gasteiger partial charge is 0.494 e. The second-order valence-electron chi connectivity index (χ2n) is 13.0. The number of amides is 3. The molecule has 2 aromatic carbocycles. The van der Waals surface area contributed by atoms with Gasteiger partial charge in [0, 0.05) is 34.2 Å². The van der Waals surface area contributed by atoms with Crippen LogP contribution >= 0.6 is 23.4 Å². The van der Waals surface area contributed by atoms with Crippen LogP contribution in [0.5, 0.6) is 5.75 Å². The second kappa shape index (κ2) is 14.1. The molecular formula is C37H46ClN3O5S. The van der Waals surface area contributed by atoms with E-state index in [-0.39, 0.29) is 43.3 Å². The first kappa shape index (κ1) is 35.0. The summed E-state index contributed by atoms with van der Waals surface area (Å²) >= 11 is 7.82. The fourth-order valence-corrected chi connectivity index (χ4v) is 10.4. The molecule has 3 aliphatic heterocycles. The number of hydrogen-bond acceptors (Lipinski definition) is 6. The molecule has 10 heteroatoms. The average molecular weight is 680 g/mol. The molecule has 0 radical (unpaired) electrons. The molecule has 3 heterocycles. The first-order chi connectivity index (χ1) is 22.5. The van der Waals surface area contributed by atoms with Gasteiger partial charge in [0.25, 0.3) is 5.91 Å². The molecular weight excluding hydrogens is 634 g/mol. The van der Waals surface area contributed by atoms with Crippen LogP contribution < -0.4 is 14.5 Å². The summed E-state index contributed by atoms with van der Waals surface area (Å²) in [6, 6.07) is 12.9. The van der Waals surface area contributed by atoms with Crippen molar-refractivity contribution in [1.82, 2.24) is 4.90 Å². The molecule has 0 aromatic heterocycles. The maximum absolute atomic E-state index is 15.0. The van der Waals surface area contributed by atoms with Gasteiger partial charge >= 0.3 is 0 Å². The van der Waals surface area contributed by atoms with Crippen LogP contribution in [0.4, 0.5) is 11.4 Å². The number of carbonyl (C=O) groups excluding carboxylic acids is 3. The van der Waals surface area contributed by atoms with Gasteiger partial charge in [0.15, 0.2) is 0 Å². The Morgan fingerprint density at radius 3 is 2.15 bits per heavy atom. The molecule has 2 bridgehead atoms. The highest BCUT2D eigenvalue weighted by molar-refractivity contribution is 8.02. The highest BCUT2D eigenvalue weighted by atomic mass is 35.5. The van der Waals surface area contributed by atoms with Crippen LogP contribution in [0.2, 0.25) is 5.02 Å². The summed E-state index contributed by atoms with van der Waals surface area (Å²) in [5.74, 6) is -1.44. The number of rotatable bonds is 14. The molecule has 3 aliphatic rings. The molecule has 3 amide bonds. The van der Waals surface area contributed by atoms with Crippen LogP contribution in [0.15, 0.2) is 73.8 Å². The van der Waals surface area contributed by atoms with E-state index in [0.717, 1.165) is 0 Å². The van der Waals surface area contributed by atoms with E-state index in [0.29, 0.717) is 48.0 Å². The topological polar surface area (TPSA) is 90.4 Å². The molecule has 0 saturated carbocycles. The molecule has 3 saturated heterocycles. The van der Waals surface area contributed by atoms with Gasteiger partial charge in [0.1, 0.15) is 11.8 Å². The van der Waals surface area contributed by atoms with Crippen molar-refractivity contribution in [3.8, 4) is 5.75 Å². The molecule has 252 valence electrons. The van der Waals surface area contributed by atoms with Crippen molar-refractivity contribution >= 4 is 52.5 Å². The van der Waals surface area contributed by atoms with Crippen molar-refractivity contribution in [2.24, 2.45) is 17.8 Å². The third kappa shape index (κ3) is 6.00. The number of fused-ring (bicyclic) bond motifs is 1. The molecule has 0 aliphatic carbocycles. The lowest BCUT2D eigenvalue weighted by atomic mass is 9.66. The zero-order valence-corrected chi connectivity index (χ0v) is 29.3. The number of thioether (sulfide) groups is 1. The lowest BCUT2D eigenvalue weighted by Crippen LogP contribution is -2.58. The van der Waals surface area contributed by atoms with Gasteiger partial charge in [-0.3, -0.25) is 14.4 Å². The first-order valence-electron chi connectivity index (χ1n) is 16.5. The van der Waals surface area contributed by atoms with Gasteiger partial charge < -0.3 is 24.5 Å². The summed E-state index contributed by atoms with van der Waals surface area (Å²) in [5, 5.41) is 11.3. The van der Waals surface area contributed by atoms with Crippen LogP contribution in [-0.2, 0) is 14.4 Å². The highest BCUT2D eigenvalue weighted by Crippen LogP contribution is 2.72. The van der Waals surface area contributed by atoms with Gasteiger partial charge in [-0.1, -0.05) is 44.0 Å². The predicted octanol–water partition coefficient (Wildman–Crippen LogP) is 6.37. The zero-order chi connectivity index (χ0) is 34.1. The lowest BCUT2D eigenvalue weighted by molar-refractivity contribution is -0.143. The van der Waals surface area contributed by atoms with Crippen LogP contribution in [0, 0.1) is 17.8 Å². The van der Waals surface area contributed by atoms with Gasteiger partial charge in [0.2, 0.25) is 11.8 Å².